The zero-order chi connectivity index (χ0) is 21.7. The molecule has 2 aromatic heterocycles. The van der Waals surface area contributed by atoms with E-state index in [1.54, 1.807) is 12.1 Å². The number of aromatic nitrogens is 3. The van der Waals surface area contributed by atoms with Gasteiger partial charge in [0.1, 0.15) is 0 Å². The number of aromatic hydroxyl groups is 1. The molecule has 4 rings (SSSR count). The molecule has 30 heavy (non-hydrogen) atoms. The maximum atomic E-state index is 13.0. The van der Waals surface area contributed by atoms with Crippen molar-refractivity contribution in [2.24, 2.45) is 0 Å². The van der Waals surface area contributed by atoms with Crippen LogP contribution in [-0.2, 0) is 16.2 Å². The molecule has 0 atom stereocenters. The minimum Gasteiger partial charge on any atom is -0.493 e. The second-order valence-electron chi connectivity index (χ2n) is 7.02. The minimum atomic E-state index is -4.63. The van der Waals surface area contributed by atoms with E-state index in [1.165, 1.54) is 21.4 Å². The third-order valence-electron chi connectivity index (χ3n) is 4.97. The highest BCUT2D eigenvalue weighted by Gasteiger charge is 2.32. The smallest absolute Gasteiger partial charge is 0.416 e. The summed E-state index contributed by atoms with van der Waals surface area (Å²) in [6, 6.07) is 6.72. The number of hydrogen-bond acceptors (Lipinski definition) is 6. The molecule has 1 fully saturated rings. The number of piperazine rings is 1. The predicted molar refractivity (Wildman–Crippen MR) is 104 cm³/mol. The largest absolute Gasteiger partial charge is 0.493 e. The molecular formula is C18H18F3N5O3S. The van der Waals surface area contributed by atoms with Crippen LogP contribution in [0.2, 0.25) is 0 Å². The van der Waals surface area contributed by atoms with Crippen molar-refractivity contribution in [2.45, 2.75) is 6.18 Å². The predicted octanol–water partition coefficient (Wildman–Crippen LogP) is 2.23. The van der Waals surface area contributed by atoms with E-state index in [0.717, 1.165) is 11.8 Å². The van der Waals surface area contributed by atoms with Gasteiger partial charge in [-0.25, -0.2) is 13.1 Å². The summed E-state index contributed by atoms with van der Waals surface area (Å²) in [7, 11) is -3.23. The van der Waals surface area contributed by atoms with Crippen molar-refractivity contribution in [3.8, 4) is 11.7 Å². The summed E-state index contributed by atoms with van der Waals surface area (Å²) in [5.41, 5.74) is 0.365. The van der Waals surface area contributed by atoms with E-state index in [1.807, 2.05) is 11.0 Å². The summed E-state index contributed by atoms with van der Waals surface area (Å²) in [4.78, 5) is 5.80. The number of anilines is 1. The molecule has 3 aromatic rings. The molecule has 0 spiro atoms. The summed E-state index contributed by atoms with van der Waals surface area (Å²) in [6.07, 6.45) is -1.94. The number of alkyl halides is 3. The third kappa shape index (κ3) is 3.92. The normalized spacial score (nSPS) is 16.3. The van der Waals surface area contributed by atoms with Crippen molar-refractivity contribution in [2.75, 3.05) is 37.3 Å². The SMILES string of the molecule is CS(=O)(=O)N1CCN(c2ccc3c(cnn3-c3cc(C(F)(F)F)cc(O)n3)c2)CC1. The van der Waals surface area contributed by atoms with Crippen LogP contribution < -0.4 is 4.90 Å². The summed E-state index contributed by atoms with van der Waals surface area (Å²) in [5, 5.41) is 14.4. The average molecular weight is 441 g/mol. The number of sulfonamides is 1. The van der Waals surface area contributed by atoms with Crippen LogP contribution >= 0.6 is 0 Å². The Morgan fingerprint density at radius 1 is 1.07 bits per heavy atom. The summed E-state index contributed by atoms with van der Waals surface area (Å²) in [5.74, 6) is -0.893. The van der Waals surface area contributed by atoms with Gasteiger partial charge in [-0.3, -0.25) is 0 Å². The number of nitrogens with zero attached hydrogens (tertiary/aromatic N) is 5. The van der Waals surface area contributed by atoms with Gasteiger partial charge in [0.25, 0.3) is 0 Å². The molecule has 1 N–H and O–H groups in total. The lowest BCUT2D eigenvalue weighted by atomic mass is 10.2. The van der Waals surface area contributed by atoms with Crippen LogP contribution in [0.25, 0.3) is 16.7 Å². The van der Waals surface area contributed by atoms with Crippen LogP contribution in [0, 0.1) is 0 Å². The maximum absolute atomic E-state index is 13.0. The van der Waals surface area contributed by atoms with Crippen LogP contribution in [-0.4, -0.2) is 65.0 Å². The van der Waals surface area contributed by atoms with E-state index in [0.29, 0.717) is 43.1 Å². The third-order valence-corrected chi connectivity index (χ3v) is 6.27. The van der Waals surface area contributed by atoms with Crippen LogP contribution in [0.1, 0.15) is 5.56 Å². The number of halogens is 3. The molecule has 0 aliphatic carbocycles. The fourth-order valence-corrected chi connectivity index (χ4v) is 4.28. The number of fused-ring (bicyclic) bond motifs is 1. The van der Waals surface area contributed by atoms with Gasteiger partial charge in [-0.2, -0.15) is 27.6 Å². The molecule has 3 heterocycles. The minimum absolute atomic E-state index is 0.146. The molecule has 0 unspecified atom stereocenters. The second kappa shape index (κ2) is 7.13. The number of benzene rings is 1. The first-order valence-electron chi connectivity index (χ1n) is 8.99. The van der Waals surface area contributed by atoms with E-state index in [-0.39, 0.29) is 5.82 Å². The Kier molecular flexibility index (Phi) is 4.85. The number of hydrogen-bond donors (Lipinski definition) is 1. The molecule has 1 aromatic carbocycles. The Morgan fingerprint density at radius 3 is 2.40 bits per heavy atom. The molecular weight excluding hydrogens is 423 g/mol. The van der Waals surface area contributed by atoms with E-state index in [9.17, 15) is 26.7 Å². The summed E-state index contributed by atoms with van der Waals surface area (Å²) in [6.45, 7) is 1.80. The fourth-order valence-electron chi connectivity index (χ4n) is 3.45. The van der Waals surface area contributed by atoms with E-state index in [4.69, 9.17) is 0 Å². The van der Waals surface area contributed by atoms with Gasteiger partial charge in [0.15, 0.2) is 5.82 Å². The summed E-state index contributed by atoms with van der Waals surface area (Å²) < 4.78 is 65.1. The highest BCUT2D eigenvalue weighted by Crippen LogP contribution is 2.33. The standard InChI is InChI=1S/C18H18F3N5O3S/c1-30(28,29)25-6-4-24(5-7-25)14-2-3-15-12(8-14)11-22-26(15)16-9-13(18(19,20)21)10-17(27)23-16/h2-3,8-11H,4-7H2,1H3,(H,23,27). The first-order chi connectivity index (χ1) is 14.0. The molecule has 1 saturated heterocycles. The second-order valence-corrected chi connectivity index (χ2v) is 9.00. The molecule has 0 radical (unpaired) electrons. The fraction of sp³-hybridized carbons (Fsp3) is 0.333. The van der Waals surface area contributed by atoms with Gasteiger partial charge in [-0.05, 0) is 24.3 Å². The number of rotatable bonds is 3. The van der Waals surface area contributed by atoms with E-state index >= 15 is 0 Å². The van der Waals surface area contributed by atoms with Crippen molar-refractivity contribution in [1.82, 2.24) is 19.1 Å². The van der Waals surface area contributed by atoms with Crippen molar-refractivity contribution >= 4 is 26.6 Å². The number of pyridine rings is 1. The van der Waals surface area contributed by atoms with Gasteiger partial charge in [-0.1, -0.05) is 0 Å². The van der Waals surface area contributed by atoms with Gasteiger partial charge in [-0.15, -0.1) is 0 Å². The molecule has 0 bridgehead atoms. The highest BCUT2D eigenvalue weighted by atomic mass is 32.2. The molecule has 160 valence electrons. The Bertz CT molecular complexity index is 1200. The maximum Gasteiger partial charge on any atom is 0.416 e. The molecule has 8 nitrogen and oxygen atoms in total. The lowest BCUT2D eigenvalue weighted by molar-refractivity contribution is -0.137. The zero-order valence-electron chi connectivity index (χ0n) is 15.8. The van der Waals surface area contributed by atoms with Crippen LogP contribution in [0.4, 0.5) is 18.9 Å². The molecule has 1 aliphatic heterocycles. The lowest BCUT2D eigenvalue weighted by Gasteiger charge is -2.34. The molecule has 0 amide bonds. The first kappa shape index (κ1) is 20.4. The highest BCUT2D eigenvalue weighted by molar-refractivity contribution is 7.88. The van der Waals surface area contributed by atoms with Crippen molar-refractivity contribution in [3.05, 3.63) is 42.1 Å². The van der Waals surface area contributed by atoms with Gasteiger partial charge < -0.3 is 10.0 Å². The van der Waals surface area contributed by atoms with Crippen LogP contribution in [0.15, 0.2) is 36.5 Å². The topological polar surface area (TPSA) is 91.6 Å². The van der Waals surface area contributed by atoms with E-state index in [2.05, 4.69) is 10.1 Å². The monoisotopic (exact) mass is 441 g/mol. The van der Waals surface area contributed by atoms with Gasteiger partial charge in [0, 0.05) is 43.3 Å². The van der Waals surface area contributed by atoms with Gasteiger partial charge in [0.05, 0.1) is 23.5 Å². The van der Waals surface area contributed by atoms with Crippen LogP contribution in [0.3, 0.4) is 0 Å². The Balaban J connectivity index is 1.63. The van der Waals surface area contributed by atoms with Gasteiger partial charge >= 0.3 is 6.18 Å². The Hall–Kier alpha value is -2.86. The molecule has 0 saturated carbocycles. The summed E-state index contributed by atoms with van der Waals surface area (Å²) >= 11 is 0. The van der Waals surface area contributed by atoms with Crippen molar-refractivity contribution in [3.63, 3.8) is 0 Å². The van der Waals surface area contributed by atoms with Gasteiger partial charge in [0.2, 0.25) is 15.9 Å². The molecule has 1 aliphatic rings. The average Bonchev–Trinajstić information content (AvgIpc) is 3.09. The van der Waals surface area contributed by atoms with E-state index < -0.39 is 27.6 Å². The quantitative estimate of drug-likeness (QED) is 0.670. The lowest BCUT2D eigenvalue weighted by Crippen LogP contribution is -2.48. The Labute approximate surface area is 170 Å². The van der Waals surface area contributed by atoms with Crippen molar-refractivity contribution in [1.29, 1.82) is 0 Å². The first-order valence-corrected chi connectivity index (χ1v) is 10.8. The Morgan fingerprint density at radius 2 is 1.77 bits per heavy atom. The van der Waals surface area contributed by atoms with Crippen molar-refractivity contribution < 1.29 is 26.7 Å². The molecule has 12 heteroatoms. The van der Waals surface area contributed by atoms with Crippen LogP contribution in [0.5, 0.6) is 5.88 Å². The zero-order valence-corrected chi connectivity index (χ0v) is 16.7.